The van der Waals surface area contributed by atoms with Crippen LogP contribution in [0.15, 0.2) is 23.1 Å². The Bertz CT molecular complexity index is 527. The summed E-state index contributed by atoms with van der Waals surface area (Å²) in [5.41, 5.74) is 2.11. The molecule has 0 saturated carbocycles. The van der Waals surface area contributed by atoms with Crippen molar-refractivity contribution in [2.45, 2.75) is 57.5 Å². The third kappa shape index (κ3) is 4.58. The third-order valence-electron chi connectivity index (χ3n) is 3.45. The van der Waals surface area contributed by atoms with Crippen LogP contribution in [0.4, 0.5) is 0 Å². The van der Waals surface area contributed by atoms with Gasteiger partial charge in [0.05, 0.1) is 4.90 Å². The van der Waals surface area contributed by atoms with Gasteiger partial charge in [0.2, 0.25) is 10.0 Å². The Balaban J connectivity index is 3.00. The molecule has 0 aliphatic rings. The molecule has 5 heteroatoms. The molecule has 1 rings (SSSR count). The SMILES string of the molecule is CCCC(CC)NS(=O)(=O)c1ccc(C)c(CNC)c1. The van der Waals surface area contributed by atoms with E-state index in [2.05, 4.69) is 17.0 Å². The second kappa shape index (κ2) is 7.76. The maximum atomic E-state index is 12.4. The van der Waals surface area contributed by atoms with Crippen LogP contribution in [0.3, 0.4) is 0 Å². The molecule has 114 valence electrons. The van der Waals surface area contributed by atoms with Gasteiger partial charge in [-0.3, -0.25) is 0 Å². The molecule has 0 heterocycles. The molecule has 0 aliphatic heterocycles. The minimum absolute atomic E-state index is 0.0130. The van der Waals surface area contributed by atoms with Gasteiger partial charge in [0, 0.05) is 12.6 Å². The molecule has 0 aliphatic carbocycles. The number of hydrogen-bond acceptors (Lipinski definition) is 3. The van der Waals surface area contributed by atoms with Gasteiger partial charge in [-0.25, -0.2) is 13.1 Å². The smallest absolute Gasteiger partial charge is 0.240 e. The highest BCUT2D eigenvalue weighted by Crippen LogP contribution is 2.17. The second-order valence-electron chi connectivity index (χ2n) is 5.13. The predicted molar refractivity (Wildman–Crippen MR) is 83.3 cm³/mol. The van der Waals surface area contributed by atoms with Gasteiger partial charge in [-0.05, 0) is 50.1 Å². The van der Waals surface area contributed by atoms with Crippen molar-refractivity contribution < 1.29 is 8.42 Å². The molecule has 0 aromatic heterocycles. The van der Waals surface area contributed by atoms with E-state index in [9.17, 15) is 8.42 Å². The summed E-state index contributed by atoms with van der Waals surface area (Å²) < 4.78 is 27.6. The Labute approximate surface area is 123 Å². The van der Waals surface area contributed by atoms with Gasteiger partial charge in [-0.1, -0.05) is 26.3 Å². The topological polar surface area (TPSA) is 58.2 Å². The number of nitrogens with one attached hydrogen (secondary N) is 2. The van der Waals surface area contributed by atoms with Gasteiger partial charge in [0.15, 0.2) is 0 Å². The van der Waals surface area contributed by atoms with E-state index in [0.29, 0.717) is 11.4 Å². The molecule has 1 atom stereocenters. The monoisotopic (exact) mass is 298 g/mol. The second-order valence-corrected chi connectivity index (χ2v) is 6.85. The summed E-state index contributed by atoms with van der Waals surface area (Å²) in [6, 6.07) is 5.31. The predicted octanol–water partition coefficient (Wildman–Crippen LogP) is 2.57. The highest BCUT2D eigenvalue weighted by Gasteiger charge is 2.19. The minimum atomic E-state index is -3.43. The van der Waals surface area contributed by atoms with Crippen LogP contribution >= 0.6 is 0 Å². The van der Waals surface area contributed by atoms with Crippen molar-refractivity contribution in [3.63, 3.8) is 0 Å². The summed E-state index contributed by atoms with van der Waals surface area (Å²) in [4.78, 5) is 0.350. The Morgan fingerprint density at radius 3 is 2.50 bits per heavy atom. The molecule has 0 amide bonds. The highest BCUT2D eigenvalue weighted by atomic mass is 32.2. The number of benzene rings is 1. The quantitative estimate of drug-likeness (QED) is 0.775. The van der Waals surface area contributed by atoms with Crippen molar-refractivity contribution in [3.8, 4) is 0 Å². The Kier molecular flexibility index (Phi) is 6.65. The first-order valence-corrected chi connectivity index (χ1v) is 8.69. The van der Waals surface area contributed by atoms with Gasteiger partial charge >= 0.3 is 0 Å². The first-order chi connectivity index (χ1) is 9.44. The van der Waals surface area contributed by atoms with E-state index in [1.165, 1.54) is 0 Å². The van der Waals surface area contributed by atoms with Crippen LogP contribution in [0.1, 0.15) is 44.2 Å². The van der Waals surface area contributed by atoms with Crippen molar-refractivity contribution >= 4 is 10.0 Å². The lowest BCUT2D eigenvalue weighted by Crippen LogP contribution is -2.34. The maximum absolute atomic E-state index is 12.4. The van der Waals surface area contributed by atoms with E-state index in [4.69, 9.17) is 0 Å². The molecule has 2 N–H and O–H groups in total. The fourth-order valence-electron chi connectivity index (χ4n) is 2.18. The summed E-state index contributed by atoms with van der Waals surface area (Å²) in [5.74, 6) is 0. The summed E-state index contributed by atoms with van der Waals surface area (Å²) in [6.07, 6.45) is 2.65. The van der Waals surface area contributed by atoms with E-state index in [-0.39, 0.29) is 6.04 Å². The molecule has 4 nitrogen and oxygen atoms in total. The van der Waals surface area contributed by atoms with Gasteiger partial charge in [0.25, 0.3) is 0 Å². The normalized spacial score (nSPS) is 13.4. The standard InChI is InChI=1S/C15H26N2O2S/c1-5-7-14(6-2)17-20(18,19)15-9-8-12(3)13(10-15)11-16-4/h8-10,14,16-17H,5-7,11H2,1-4H3. The fourth-order valence-corrected chi connectivity index (χ4v) is 3.58. The van der Waals surface area contributed by atoms with Crippen LogP contribution in [0.25, 0.3) is 0 Å². The lowest BCUT2D eigenvalue weighted by Gasteiger charge is -2.17. The van der Waals surface area contributed by atoms with Crippen LogP contribution in [0.5, 0.6) is 0 Å². The van der Waals surface area contributed by atoms with Crippen molar-refractivity contribution in [3.05, 3.63) is 29.3 Å². The van der Waals surface area contributed by atoms with Crippen molar-refractivity contribution in [2.75, 3.05) is 7.05 Å². The Morgan fingerprint density at radius 1 is 1.25 bits per heavy atom. The molecule has 0 saturated heterocycles. The molecule has 1 unspecified atom stereocenters. The van der Waals surface area contributed by atoms with Crippen LogP contribution in [0, 0.1) is 6.92 Å². The maximum Gasteiger partial charge on any atom is 0.240 e. The Hall–Kier alpha value is -0.910. The molecule has 0 spiro atoms. The number of rotatable bonds is 8. The first-order valence-electron chi connectivity index (χ1n) is 7.21. The third-order valence-corrected chi connectivity index (χ3v) is 4.97. The molecule has 0 radical (unpaired) electrons. The van der Waals surface area contributed by atoms with Gasteiger partial charge in [-0.2, -0.15) is 0 Å². The van der Waals surface area contributed by atoms with E-state index in [1.54, 1.807) is 12.1 Å². The fraction of sp³-hybridized carbons (Fsp3) is 0.600. The average molecular weight is 298 g/mol. The zero-order valence-corrected chi connectivity index (χ0v) is 13.7. The van der Waals surface area contributed by atoms with Gasteiger partial charge in [0.1, 0.15) is 0 Å². The lowest BCUT2D eigenvalue weighted by atomic mass is 10.1. The molecular weight excluding hydrogens is 272 g/mol. The summed E-state index contributed by atoms with van der Waals surface area (Å²) >= 11 is 0. The molecule has 1 aromatic rings. The van der Waals surface area contributed by atoms with E-state index in [0.717, 1.165) is 30.4 Å². The zero-order chi connectivity index (χ0) is 15.2. The summed E-state index contributed by atoms with van der Waals surface area (Å²) in [6.45, 7) is 6.72. The van der Waals surface area contributed by atoms with Crippen LogP contribution < -0.4 is 10.0 Å². The van der Waals surface area contributed by atoms with Gasteiger partial charge < -0.3 is 5.32 Å². The number of aryl methyl sites for hydroxylation is 1. The van der Waals surface area contributed by atoms with E-state index in [1.807, 2.05) is 27.0 Å². The van der Waals surface area contributed by atoms with Gasteiger partial charge in [-0.15, -0.1) is 0 Å². The summed E-state index contributed by atoms with van der Waals surface area (Å²) in [7, 11) is -1.57. The molecule has 1 aromatic carbocycles. The van der Waals surface area contributed by atoms with Crippen LogP contribution in [0.2, 0.25) is 0 Å². The number of sulfonamides is 1. The van der Waals surface area contributed by atoms with Crippen LogP contribution in [-0.2, 0) is 16.6 Å². The average Bonchev–Trinajstić information content (AvgIpc) is 2.40. The molecular formula is C15H26N2O2S. The molecule has 20 heavy (non-hydrogen) atoms. The number of hydrogen-bond donors (Lipinski definition) is 2. The minimum Gasteiger partial charge on any atom is -0.316 e. The largest absolute Gasteiger partial charge is 0.316 e. The van der Waals surface area contributed by atoms with Crippen LogP contribution in [-0.4, -0.2) is 21.5 Å². The van der Waals surface area contributed by atoms with E-state index >= 15 is 0 Å². The Morgan fingerprint density at radius 2 is 1.95 bits per heavy atom. The van der Waals surface area contributed by atoms with Crippen molar-refractivity contribution in [1.29, 1.82) is 0 Å². The highest BCUT2D eigenvalue weighted by molar-refractivity contribution is 7.89. The lowest BCUT2D eigenvalue weighted by molar-refractivity contribution is 0.512. The molecule has 0 fully saturated rings. The van der Waals surface area contributed by atoms with Crippen molar-refractivity contribution in [2.24, 2.45) is 0 Å². The van der Waals surface area contributed by atoms with E-state index < -0.39 is 10.0 Å². The zero-order valence-electron chi connectivity index (χ0n) is 12.9. The molecule has 0 bridgehead atoms. The van der Waals surface area contributed by atoms with Crippen molar-refractivity contribution in [1.82, 2.24) is 10.0 Å². The first kappa shape index (κ1) is 17.1. The summed E-state index contributed by atoms with van der Waals surface area (Å²) in [5, 5.41) is 3.06.